The molecule has 49 heavy (non-hydrogen) atoms. The maximum atomic E-state index is 14.7. The fourth-order valence-electron chi connectivity index (χ4n) is 6.13. The zero-order valence-electron chi connectivity index (χ0n) is 28.1. The lowest BCUT2D eigenvalue weighted by Gasteiger charge is -2.35. The summed E-state index contributed by atoms with van der Waals surface area (Å²) in [5, 5.41) is 3.78. The lowest BCUT2D eigenvalue weighted by atomic mass is 9.94. The van der Waals surface area contributed by atoms with E-state index in [-0.39, 0.29) is 29.8 Å². The van der Waals surface area contributed by atoms with E-state index in [9.17, 15) is 18.0 Å². The number of nitrogens with one attached hydrogen (secondary N) is 1. The van der Waals surface area contributed by atoms with Crippen LogP contribution in [0.4, 0.5) is 5.69 Å². The monoisotopic (exact) mass is 701 g/mol. The van der Waals surface area contributed by atoms with Crippen molar-refractivity contribution in [3.63, 3.8) is 0 Å². The number of amides is 2. The van der Waals surface area contributed by atoms with E-state index in [1.54, 1.807) is 36.4 Å². The predicted molar refractivity (Wildman–Crippen MR) is 194 cm³/mol. The Hall–Kier alpha value is -4.34. The standard InChI is InChI=1S/C39H44ClN3O5S/c1-3-48-35-22-24-36(25-23-35)49(46,47)43(34-20-14-29(2)15-21-34)28-38(44)42(27-31-16-18-32(40)19-17-31)37(26-30-10-6-4-7-11-30)39(45)41-33-12-8-5-9-13-33/h4,6-7,10-11,14-25,33,37H,3,5,8-9,12-13,26-28H2,1-2H3,(H,41,45). The number of halogens is 1. The Balaban J connectivity index is 1.55. The van der Waals surface area contributed by atoms with Crippen LogP contribution in [0.25, 0.3) is 0 Å². The molecule has 1 unspecified atom stereocenters. The quantitative estimate of drug-likeness (QED) is 0.149. The number of anilines is 1. The van der Waals surface area contributed by atoms with Gasteiger partial charge in [0.05, 0.1) is 17.2 Å². The molecule has 0 spiro atoms. The molecule has 1 fully saturated rings. The third kappa shape index (κ3) is 9.64. The minimum Gasteiger partial charge on any atom is -0.494 e. The van der Waals surface area contributed by atoms with Crippen LogP contribution in [0.15, 0.2) is 108 Å². The van der Waals surface area contributed by atoms with Crippen LogP contribution in [0.2, 0.25) is 5.02 Å². The number of aryl methyl sites for hydroxylation is 1. The number of hydrogen-bond acceptors (Lipinski definition) is 5. The molecule has 0 radical (unpaired) electrons. The fraction of sp³-hybridized carbons (Fsp3) is 0.333. The molecule has 4 aromatic carbocycles. The maximum absolute atomic E-state index is 14.7. The molecule has 0 bridgehead atoms. The first-order valence-corrected chi connectivity index (χ1v) is 18.7. The molecule has 0 aliphatic heterocycles. The lowest BCUT2D eigenvalue weighted by Crippen LogP contribution is -2.55. The minimum absolute atomic E-state index is 0.0180. The van der Waals surface area contributed by atoms with Crippen molar-refractivity contribution in [1.82, 2.24) is 10.2 Å². The van der Waals surface area contributed by atoms with Gasteiger partial charge in [-0.3, -0.25) is 13.9 Å². The van der Waals surface area contributed by atoms with Gasteiger partial charge in [0.1, 0.15) is 18.3 Å². The topological polar surface area (TPSA) is 96.0 Å². The van der Waals surface area contributed by atoms with Crippen LogP contribution < -0.4 is 14.4 Å². The van der Waals surface area contributed by atoms with Gasteiger partial charge in [-0.15, -0.1) is 0 Å². The number of carbonyl (C=O) groups excluding carboxylic acids is 2. The second-order valence-corrected chi connectivity index (χ2v) is 14.7. The molecule has 4 aromatic rings. The highest BCUT2D eigenvalue weighted by Gasteiger charge is 2.35. The number of carbonyl (C=O) groups is 2. The minimum atomic E-state index is -4.22. The van der Waals surface area contributed by atoms with Crippen molar-refractivity contribution in [3.8, 4) is 5.75 Å². The summed E-state index contributed by atoms with van der Waals surface area (Å²) >= 11 is 6.20. The number of rotatable bonds is 14. The third-order valence-electron chi connectivity index (χ3n) is 8.81. The van der Waals surface area contributed by atoms with Crippen molar-refractivity contribution >= 4 is 39.1 Å². The first-order valence-electron chi connectivity index (χ1n) is 16.8. The van der Waals surface area contributed by atoms with E-state index in [1.165, 1.54) is 17.0 Å². The molecule has 1 aliphatic rings. The molecule has 8 nitrogen and oxygen atoms in total. The summed E-state index contributed by atoms with van der Waals surface area (Å²) < 4.78 is 35.3. The van der Waals surface area contributed by atoms with Gasteiger partial charge in [0.15, 0.2) is 0 Å². The van der Waals surface area contributed by atoms with E-state index in [1.807, 2.05) is 68.4 Å². The highest BCUT2D eigenvalue weighted by molar-refractivity contribution is 7.92. The van der Waals surface area contributed by atoms with Crippen molar-refractivity contribution in [2.45, 2.75) is 75.9 Å². The normalized spacial score (nSPS) is 14.1. The zero-order chi connectivity index (χ0) is 34.8. The largest absolute Gasteiger partial charge is 0.494 e. The van der Waals surface area contributed by atoms with Crippen molar-refractivity contribution in [2.75, 3.05) is 17.5 Å². The van der Waals surface area contributed by atoms with E-state index in [2.05, 4.69) is 5.32 Å². The number of sulfonamides is 1. The lowest BCUT2D eigenvalue weighted by molar-refractivity contribution is -0.140. The molecular weight excluding hydrogens is 658 g/mol. The van der Waals surface area contributed by atoms with Crippen LogP contribution in [0, 0.1) is 6.92 Å². The Morgan fingerprint density at radius 1 is 0.857 bits per heavy atom. The Morgan fingerprint density at radius 2 is 1.51 bits per heavy atom. The van der Waals surface area contributed by atoms with Crippen LogP contribution in [0.5, 0.6) is 5.75 Å². The van der Waals surface area contributed by atoms with E-state index >= 15 is 0 Å². The van der Waals surface area contributed by atoms with Crippen molar-refractivity contribution < 1.29 is 22.7 Å². The second-order valence-electron chi connectivity index (χ2n) is 12.4. The second kappa shape index (κ2) is 16.9. The summed E-state index contributed by atoms with van der Waals surface area (Å²) in [7, 11) is -4.22. The first-order chi connectivity index (χ1) is 23.6. The summed E-state index contributed by atoms with van der Waals surface area (Å²) in [6.45, 7) is 3.77. The number of hydrogen-bond donors (Lipinski definition) is 1. The first kappa shape index (κ1) is 36.0. The molecule has 2 amide bonds. The average Bonchev–Trinajstić information content (AvgIpc) is 3.11. The molecule has 1 saturated carbocycles. The Morgan fingerprint density at radius 3 is 2.14 bits per heavy atom. The van der Waals surface area contributed by atoms with Gasteiger partial charge in [0.2, 0.25) is 11.8 Å². The molecule has 10 heteroatoms. The van der Waals surface area contributed by atoms with Gasteiger partial charge in [-0.1, -0.05) is 91.0 Å². The molecule has 0 heterocycles. The van der Waals surface area contributed by atoms with Gasteiger partial charge in [-0.25, -0.2) is 8.42 Å². The molecule has 1 N–H and O–H groups in total. The van der Waals surface area contributed by atoms with Crippen molar-refractivity contribution in [3.05, 3.63) is 125 Å². The molecule has 0 aromatic heterocycles. The zero-order valence-corrected chi connectivity index (χ0v) is 29.6. The van der Waals surface area contributed by atoms with Crippen molar-refractivity contribution in [2.24, 2.45) is 0 Å². The number of ether oxygens (including phenoxy) is 1. The summed E-state index contributed by atoms with van der Waals surface area (Å²) in [6, 6.07) is 29.0. The number of benzene rings is 4. The van der Waals surface area contributed by atoms with E-state index in [0.29, 0.717) is 23.1 Å². The maximum Gasteiger partial charge on any atom is 0.264 e. The summed E-state index contributed by atoms with van der Waals surface area (Å²) in [4.78, 5) is 30.5. The summed E-state index contributed by atoms with van der Waals surface area (Å²) in [5.41, 5.74) is 2.93. The molecular formula is C39H44ClN3O5S. The highest BCUT2D eigenvalue weighted by Crippen LogP contribution is 2.27. The highest BCUT2D eigenvalue weighted by atomic mass is 35.5. The van der Waals surface area contributed by atoms with Gasteiger partial charge in [-0.05, 0) is 86.3 Å². The van der Waals surface area contributed by atoms with E-state index in [4.69, 9.17) is 16.3 Å². The SMILES string of the molecule is CCOc1ccc(S(=O)(=O)N(CC(=O)N(Cc2ccc(Cl)cc2)C(Cc2ccccc2)C(=O)NC2CCCCC2)c2ccc(C)cc2)cc1. The molecule has 5 rings (SSSR count). The Bertz CT molecular complexity index is 1780. The van der Waals surface area contributed by atoms with Crippen LogP contribution in [0.1, 0.15) is 55.7 Å². The predicted octanol–water partition coefficient (Wildman–Crippen LogP) is 7.33. The van der Waals surface area contributed by atoms with Crippen LogP contribution in [0.3, 0.4) is 0 Å². The van der Waals surface area contributed by atoms with Gasteiger partial charge < -0.3 is 15.0 Å². The van der Waals surface area contributed by atoms with Crippen LogP contribution in [-0.4, -0.2) is 50.4 Å². The van der Waals surface area contributed by atoms with Crippen LogP contribution in [-0.2, 0) is 32.6 Å². The van der Waals surface area contributed by atoms with Gasteiger partial charge in [0.25, 0.3) is 10.0 Å². The Kier molecular flexibility index (Phi) is 12.4. The smallest absolute Gasteiger partial charge is 0.264 e. The van der Waals surface area contributed by atoms with Gasteiger partial charge in [-0.2, -0.15) is 0 Å². The fourth-order valence-corrected chi connectivity index (χ4v) is 7.67. The van der Waals surface area contributed by atoms with E-state index < -0.39 is 28.5 Å². The van der Waals surface area contributed by atoms with Crippen molar-refractivity contribution in [1.29, 1.82) is 0 Å². The average molecular weight is 702 g/mol. The summed E-state index contributed by atoms with van der Waals surface area (Å²) in [6.07, 6.45) is 5.24. The molecule has 1 atom stereocenters. The molecule has 258 valence electrons. The van der Waals surface area contributed by atoms with Gasteiger partial charge in [0, 0.05) is 24.0 Å². The van der Waals surface area contributed by atoms with Crippen LogP contribution >= 0.6 is 11.6 Å². The number of nitrogens with zero attached hydrogens (tertiary/aromatic N) is 2. The molecule has 0 saturated heterocycles. The van der Waals surface area contributed by atoms with E-state index in [0.717, 1.165) is 53.1 Å². The van der Waals surface area contributed by atoms with Gasteiger partial charge >= 0.3 is 0 Å². The third-order valence-corrected chi connectivity index (χ3v) is 10.9. The molecule has 1 aliphatic carbocycles. The summed E-state index contributed by atoms with van der Waals surface area (Å²) in [5.74, 6) is -0.222. The Labute approximate surface area is 295 Å².